The van der Waals surface area contributed by atoms with E-state index in [0.717, 1.165) is 0 Å². The summed E-state index contributed by atoms with van der Waals surface area (Å²) in [5, 5.41) is 2.86. The highest BCUT2D eigenvalue weighted by atomic mass is 35.5. The summed E-state index contributed by atoms with van der Waals surface area (Å²) in [7, 11) is 0. The number of hydrogen-bond acceptors (Lipinski definition) is 3. The SMILES string of the molecule is CCOC(=O)C(=O)Nc1c(Cl)cc(Cl)cc1Cl. The number of hydrogen-bond donors (Lipinski definition) is 1. The molecule has 0 aliphatic carbocycles. The normalized spacial score (nSPS) is 9.88. The lowest BCUT2D eigenvalue weighted by Gasteiger charge is -2.08. The Kier molecular flexibility index (Phi) is 5.05. The minimum absolute atomic E-state index is 0.105. The van der Waals surface area contributed by atoms with Crippen LogP contribution in [0.3, 0.4) is 0 Å². The summed E-state index contributed by atoms with van der Waals surface area (Å²) < 4.78 is 4.52. The molecule has 0 aliphatic heterocycles. The van der Waals surface area contributed by atoms with Crippen molar-refractivity contribution in [2.24, 2.45) is 0 Å². The van der Waals surface area contributed by atoms with Gasteiger partial charge >= 0.3 is 11.9 Å². The minimum Gasteiger partial charge on any atom is -0.459 e. The average Bonchev–Trinajstić information content (AvgIpc) is 2.23. The van der Waals surface area contributed by atoms with Gasteiger partial charge in [0.25, 0.3) is 0 Å². The van der Waals surface area contributed by atoms with Crippen molar-refractivity contribution in [3.8, 4) is 0 Å². The molecule has 0 radical (unpaired) electrons. The fourth-order valence-corrected chi connectivity index (χ4v) is 1.93. The van der Waals surface area contributed by atoms with Crippen LogP contribution in [0.2, 0.25) is 15.1 Å². The lowest BCUT2D eigenvalue weighted by atomic mass is 10.3. The number of halogens is 3. The first-order valence-corrected chi connectivity index (χ1v) is 5.71. The Hall–Kier alpha value is -0.970. The van der Waals surface area contributed by atoms with E-state index >= 15 is 0 Å². The molecule has 1 rings (SSSR count). The summed E-state index contributed by atoms with van der Waals surface area (Å²) in [6.45, 7) is 1.70. The Balaban J connectivity index is 2.89. The van der Waals surface area contributed by atoms with Gasteiger partial charge in [0.15, 0.2) is 0 Å². The van der Waals surface area contributed by atoms with Gasteiger partial charge in [-0.15, -0.1) is 0 Å². The number of ether oxygens (including phenoxy) is 1. The standard InChI is InChI=1S/C10H8Cl3NO3/c1-2-17-10(16)9(15)14-8-6(12)3-5(11)4-7(8)13/h3-4H,2H2,1H3,(H,14,15). The number of benzene rings is 1. The summed E-state index contributed by atoms with van der Waals surface area (Å²) in [6.07, 6.45) is 0. The summed E-state index contributed by atoms with van der Waals surface area (Å²) in [4.78, 5) is 22.4. The molecule has 1 N–H and O–H groups in total. The van der Waals surface area contributed by atoms with Crippen LogP contribution >= 0.6 is 34.8 Å². The van der Waals surface area contributed by atoms with Crippen LogP contribution in [0.1, 0.15) is 6.92 Å². The van der Waals surface area contributed by atoms with E-state index in [-0.39, 0.29) is 22.3 Å². The van der Waals surface area contributed by atoms with Crippen molar-refractivity contribution in [2.45, 2.75) is 6.92 Å². The lowest BCUT2D eigenvalue weighted by molar-refractivity contribution is -0.152. The number of esters is 1. The van der Waals surface area contributed by atoms with Gasteiger partial charge in [0, 0.05) is 5.02 Å². The Morgan fingerprint density at radius 3 is 2.24 bits per heavy atom. The van der Waals surface area contributed by atoms with Gasteiger partial charge in [-0.3, -0.25) is 4.79 Å². The monoisotopic (exact) mass is 295 g/mol. The highest BCUT2D eigenvalue weighted by Gasteiger charge is 2.18. The summed E-state index contributed by atoms with van der Waals surface area (Å²) in [6, 6.07) is 2.80. The third-order valence-electron chi connectivity index (χ3n) is 1.71. The van der Waals surface area contributed by atoms with Gasteiger partial charge in [0.05, 0.1) is 22.3 Å². The zero-order valence-electron chi connectivity index (χ0n) is 8.72. The van der Waals surface area contributed by atoms with E-state index in [1.807, 2.05) is 0 Å². The molecular weight excluding hydrogens is 288 g/mol. The third-order valence-corrected chi connectivity index (χ3v) is 2.52. The average molecular weight is 297 g/mol. The molecule has 1 amide bonds. The van der Waals surface area contributed by atoms with Crippen LogP contribution in [-0.4, -0.2) is 18.5 Å². The second-order valence-corrected chi connectivity index (χ2v) is 4.17. The number of carbonyl (C=O) groups excluding carboxylic acids is 2. The molecule has 92 valence electrons. The first-order valence-electron chi connectivity index (χ1n) is 4.58. The van der Waals surface area contributed by atoms with Gasteiger partial charge in [-0.2, -0.15) is 0 Å². The minimum atomic E-state index is -1.01. The Bertz CT molecular complexity index is 439. The zero-order chi connectivity index (χ0) is 13.0. The molecule has 0 fully saturated rings. The molecule has 1 aromatic carbocycles. The Labute approximate surface area is 113 Å². The molecule has 0 saturated heterocycles. The Morgan fingerprint density at radius 2 is 1.76 bits per heavy atom. The quantitative estimate of drug-likeness (QED) is 0.674. The van der Waals surface area contributed by atoms with Crippen LogP contribution in [0.15, 0.2) is 12.1 Å². The Morgan fingerprint density at radius 1 is 1.24 bits per heavy atom. The van der Waals surface area contributed by atoms with Crippen LogP contribution in [-0.2, 0) is 14.3 Å². The molecule has 0 bridgehead atoms. The summed E-state index contributed by atoms with van der Waals surface area (Å²) in [5.41, 5.74) is 0.121. The van der Waals surface area contributed by atoms with E-state index in [0.29, 0.717) is 5.02 Å². The number of carbonyl (C=O) groups is 2. The molecule has 0 aromatic heterocycles. The van der Waals surface area contributed by atoms with Crippen molar-refractivity contribution in [3.63, 3.8) is 0 Å². The maximum Gasteiger partial charge on any atom is 0.397 e. The van der Waals surface area contributed by atoms with Gasteiger partial charge in [-0.05, 0) is 19.1 Å². The molecule has 7 heteroatoms. The van der Waals surface area contributed by atoms with E-state index in [9.17, 15) is 9.59 Å². The summed E-state index contributed by atoms with van der Waals surface area (Å²) in [5.74, 6) is -1.95. The molecule has 0 saturated carbocycles. The number of anilines is 1. The molecule has 0 spiro atoms. The van der Waals surface area contributed by atoms with Crippen molar-refractivity contribution in [3.05, 3.63) is 27.2 Å². The van der Waals surface area contributed by atoms with Crippen LogP contribution in [0, 0.1) is 0 Å². The fourth-order valence-electron chi connectivity index (χ4n) is 1.02. The molecule has 0 heterocycles. The molecular formula is C10H8Cl3NO3. The van der Waals surface area contributed by atoms with Crippen molar-refractivity contribution in [1.82, 2.24) is 0 Å². The molecule has 0 aliphatic rings. The fraction of sp³-hybridized carbons (Fsp3) is 0.200. The van der Waals surface area contributed by atoms with Gasteiger partial charge < -0.3 is 10.1 Å². The second-order valence-electron chi connectivity index (χ2n) is 2.92. The van der Waals surface area contributed by atoms with Crippen molar-refractivity contribution in [2.75, 3.05) is 11.9 Å². The smallest absolute Gasteiger partial charge is 0.397 e. The van der Waals surface area contributed by atoms with E-state index in [2.05, 4.69) is 10.1 Å². The maximum atomic E-state index is 11.4. The predicted octanol–water partition coefficient (Wildman–Crippen LogP) is 3.15. The largest absolute Gasteiger partial charge is 0.459 e. The predicted molar refractivity (Wildman–Crippen MR) is 66.7 cm³/mol. The summed E-state index contributed by atoms with van der Waals surface area (Å²) >= 11 is 17.3. The van der Waals surface area contributed by atoms with Gasteiger partial charge in [0.2, 0.25) is 0 Å². The third kappa shape index (κ3) is 3.77. The van der Waals surface area contributed by atoms with Crippen molar-refractivity contribution in [1.29, 1.82) is 0 Å². The molecule has 0 unspecified atom stereocenters. The zero-order valence-corrected chi connectivity index (χ0v) is 11.0. The first kappa shape index (κ1) is 14.1. The maximum absolute atomic E-state index is 11.4. The lowest BCUT2D eigenvalue weighted by Crippen LogP contribution is -2.25. The molecule has 17 heavy (non-hydrogen) atoms. The second kappa shape index (κ2) is 6.10. The van der Waals surface area contributed by atoms with Crippen molar-refractivity contribution < 1.29 is 14.3 Å². The van der Waals surface area contributed by atoms with Crippen molar-refractivity contribution >= 4 is 52.4 Å². The van der Waals surface area contributed by atoms with E-state index < -0.39 is 11.9 Å². The highest BCUT2D eigenvalue weighted by Crippen LogP contribution is 2.33. The molecule has 1 aromatic rings. The number of rotatable bonds is 2. The van der Waals surface area contributed by atoms with E-state index in [1.165, 1.54) is 12.1 Å². The van der Waals surface area contributed by atoms with Gasteiger partial charge in [-0.1, -0.05) is 34.8 Å². The van der Waals surface area contributed by atoms with E-state index in [1.54, 1.807) is 6.92 Å². The number of nitrogens with one attached hydrogen (secondary N) is 1. The van der Waals surface area contributed by atoms with Crippen LogP contribution in [0.4, 0.5) is 5.69 Å². The molecule has 4 nitrogen and oxygen atoms in total. The van der Waals surface area contributed by atoms with E-state index in [4.69, 9.17) is 34.8 Å². The highest BCUT2D eigenvalue weighted by molar-refractivity contribution is 6.44. The molecule has 0 atom stereocenters. The first-order chi connectivity index (χ1) is 7.95. The van der Waals surface area contributed by atoms with Crippen LogP contribution < -0.4 is 5.32 Å². The van der Waals surface area contributed by atoms with Crippen LogP contribution in [0.25, 0.3) is 0 Å². The van der Waals surface area contributed by atoms with Gasteiger partial charge in [-0.25, -0.2) is 4.79 Å². The topological polar surface area (TPSA) is 55.4 Å². The van der Waals surface area contributed by atoms with Gasteiger partial charge in [0.1, 0.15) is 0 Å². The number of amides is 1. The van der Waals surface area contributed by atoms with Crippen LogP contribution in [0.5, 0.6) is 0 Å².